The van der Waals surface area contributed by atoms with Crippen LogP contribution in [0.5, 0.6) is 0 Å². The predicted molar refractivity (Wildman–Crippen MR) is 68.9 cm³/mol. The minimum atomic E-state index is 0.726. The average Bonchev–Trinajstić information content (AvgIpc) is 2.89. The summed E-state index contributed by atoms with van der Waals surface area (Å²) < 4.78 is 0. The molecule has 0 radical (unpaired) electrons. The molecule has 16 heavy (non-hydrogen) atoms. The molecule has 0 aliphatic carbocycles. The summed E-state index contributed by atoms with van der Waals surface area (Å²) in [6, 6.07) is 0.726. The molecule has 1 aromatic rings. The van der Waals surface area contributed by atoms with Gasteiger partial charge in [0.2, 0.25) is 0 Å². The number of nitrogens with zero attached hydrogens (tertiary/aromatic N) is 2. The van der Waals surface area contributed by atoms with Crippen LogP contribution in [0.1, 0.15) is 30.5 Å². The smallest absolute Gasteiger partial charge is 0.0926 e. The lowest BCUT2D eigenvalue weighted by Gasteiger charge is -2.19. The molecule has 0 saturated carbocycles. The van der Waals surface area contributed by atoms with Gasteiger partial charge >= 0.3 is 0 Å². The Kier molecular flexibility index (Phi) is 4.32. The van der Waals surface area contributed by atoms with Crippen molar-refractivity contribution < 1.29 is 0 Å². The van der Waals surface area contributed by atoms with E-state index in [1.807, 2.05) is 0 Å². The van der Waals surface area contributed by atoms with Crippen LogP contribution in [0.3, 0.4) is 0 Å². The van der Waals surface area contributed by atoms with E-state index < -0.39 is 0 Å². The number of aryl methyl sites for hydroxylation is 1. The highest BCUT2D eigenvalue weighted by molar-refractivity contribution is 7.09. The maximum Gasteiger partial charge on any atom is 0.0926 e. The highest BCUT2D eigenvalue weighted by atomic mass is 32.1. The van der Waals surface area contributed by atoms with Crippen LogP contribution < -0.4 is 5.32 Å². The van der Waals surface area contributed by atoms with Crippen molar-refractivity contribution in [3.8, 4) is 0 Å². The Balaban J connectivity index is 1.71. The fraction of sp³-hybridized carbons (Fsp3) is 0.750. The average molecular weight is 239 g/mol. The molecule has 3 nitrogen and oxygen atoms in total. The van der Waals surface area contributed by atoms with Gasteiger partial charge in [0.15, 0.2) is 0 Å². The van der Waals surface area contributed by atoms with E-state index in [4.69, 9.17) is 0 Å². The number of thiazole rings is 1. The Hall–Kier alpha value is -0.450. The molecule has 2 rings (SSSR count). The monoisotopic (exact) mass is 239 g/mol. The van der Waals surface area contributed by atoms with Crippen molar-refractivity contribution in [2.24, 2.45) is 0 Å². The Labute approximate surface area is 102 Å². The van der Waals surface area contributed by atoms with Gasteiger partial charge < -0.3 is 10.2 Å². The fourth-order valence-electron chi connectivity index (χ4n) is 2.20. The van der Waals surface area contributed by atoms with Crippen LogP contribution in [0, 0.1) is 0 Å². The molecule has 0 bridgehead atoms. The minimum Gasteiger partial charge on any atom is -0.310 e. The van der Waals surface area contributed by atoms with Crippen molar-refractivity contribution >= 4 is 11.3 Å². The molecule has 1 saturated heterocycles. The van der Waals surface area contributed by atoms with Gasteiger partial charge in [-0.1, -0.05) is 6.92 Å². The van der Waals surface area contributed by atoms with E-state index >= 15 is 0 Å². The number of likely N-dealkylation sites (tertiary alicyclic amines) is 1. The molecule has 1 aliphatic rings. The zero-order valence-corrected chi connectivity index (χ0v) is 11.0. The third kappa shape index (κ3) is 3.03. The van der Waals surface area contributed by atoms with E-state index in [9.17, 15) is 0 Å². The van der Waals surface area contributed by atoms with Crippen LogP contribution in [0.25, 0.3) is 0 Å². The highest BCUT2D eigenvalue weighted by Crippen LogP contribution is 2.14. The normalized spacial score (nSPS) is 21.8. The summed E-state index contributed by atoms with van der Waals surface area (Å²) in [4.78, 5) is 7.00. The SMILES string of the molecule is CCc1nc(CNCC2CCCN2C)cs1. The van der Waals surface area contributed by atoms with Crippen molar-refractivity contribution in [3.05, 3.63) is 16.1 Å². The largest absolute Gasteiger partial charge is 0.310 e. The number of nitrogens with one attached hydrogen (secondary N) is 1. The van der Waals surface area contributed by atoms with Crippen molar-refractivity contribution in [1.29, 1.82) is 0 Å². The van der Waals surface area contributed by atoms with Crippen LogP contribution >= 0.6 is 11.3 Å². The van der Waals surface area contributed by atoms with E-state index in [2.05, 4.69) is 34.6 Å². The number of hydrogen-bond acceptors (Lipinski definition) is 4. The maximum absolute atomic E-state index is 4.55. The summed E-state index contributed by atoms with van der Waals surface area (Å²) in [7, 11) is 2.22. The van der Waals surface area contributed by atoms with Gasteiger partial charge in [-0.3, -0.25) is 0 Å². The van der Waals surface area contributed by atoms with E-state index in [1.165, 1.54) is 30.1 Å². The summed E-state index contributed by atoms with van der Waals surface area (Å²) in [6.45, 7) is 5.42. The van der Waals surface area contributed by atoms with Gasteiger partial charge in [0, 0.05) is 24.5 Å². The summed E-state index contributed by atoms with van der Waals surface area (Å²) in [5.41, 5.74) is 1.20. The number of hydrogen-bond donors (Lipinski definition) is 1. The zero-order chi connectivity index (χ0) is 11.4. The third-order valence-electron chi connectivity index (χ3n) is 3.26. The van der Waals surface area contributed by atoms with Gasteiger partial charge in [0.1, 0.15) is 0 Å². The van der Waals surface area contributed by atoms with Crippen LogP contribution in [-0.4, -0.2) is 36.1 Å². The molecule has 0 spiro atoms. The number of aromatic nitrogens is 1. The van der Waals surface area contributed by atoms with Gasteiger partial charge in [0.25, 0.3) is 0 Å². The second kappa shape index (κ2) is 5.75. The quantitative estimate of drug-likeness (QED) is 0.850. The number of rotatable bonds is 5. The summed E-state index contributed by atoms with van der Waals surface area (Å²) in [5, 5.41) is 6.93. The molecule has 1 atom stereocenters. The van der Waals surface area contributed by atoms with Crippen molar-refractivity contribution in [3.63, 3.8) is 0 Å². The van der Waals surface area contributed by atoms with E-state index in [-0.39, 0.29) is 0 Å². The van der Waals surface area contributed by atoms with Crippen molar-refractivity contribution in [2.45, 2.75) is 38.8 Å². The summed E-state index contributed by atoms with van der Waals surface area (Å²) in [6.07, 6.45) is 3.73. The molecule has 1 fully saturated rings. The molecule has 1 aromatic heterocycles. The Morgan fingerprint density at radius 3 is 3.12 bits per heavy atom. The van der Waals surface area contributed by atoms with E-state index in [0.29, 0.717) is 0 Å². The lowest BCUT2D eigenvalue weighted by atomic mass is 10.2. The highest BCUT2D eigenvalue weighted by Gasteiger charge is 2.19. The van der Waals surface area contributed by atoms with Gasteiger partial charge in [-0.05, 0) is 32.9 Å². The Morgan fingerprint density at radius 2 is 2.50 bits per heavy atom. The predicted octanol–water partition coefficient (Wildman–Crippen LogP) is 1.89. The van der Waals surface area contributed by atoms with Crippen molar-refractivity contribution in [2.75, 3.05) is 20.1 Å². The first-order valence-electron chi connectivity index (χ1n) is 6.14. The Bertz CT molecular complexity index is 324. The molecule has 2 heterocycles. The second-order valence-corrected chi connectivity index (χ2v) is 5.44. The van der Waals surface area contributed by atoms with Gasteiger partial charge in [-0.25, -0.2) is 4.98 Å². The maximum atomic E-state index is 4.55. The standard InChI is InChI=1S/C12H21N3S/c1-3-12-14-10(9-16-12)7-13-8-11-5-4-6-15(11)2/h9,11,13H,3-8H2,1-2H3. The topological polar surface area (TPSA) is 28.2 Å². The first kappa shape index (κ1) is 12.0. The van der Waals surface area contributed by atoms with Crippen molar-refractivity contribution in [1.82, 2.24) is 15.2 Å². The molecular weight excluding hydrogens is 218 g/mol. The van der Waals surface area contributed by atoms with Crippen LogP contribution in [0.4, 0.5) is 0 Å². The second-order valence-electron chi connectivity index (χ2n) is 4.49. The fourth-order valence-corrected chi connectivity index (χ4v) is 2.94. The molecule has 1 N–H and O–H groups in total. The Morgan fingerprint density at radius 1 is 1.62 bits per heavy atom. The molecule has 1 aliphatic heterocycles. The van der Waals surface area contributed by atoms with Gasteiger partial charge in [-0.15, -0.1) is 11.3 Å². The molecule has 0 amide bonds. The summed E-state index contributed by atoms with van der Waals surface area (Å²) in [5.74, 6) is 0. The van der Waals surface area contributed by atoms with E-state index in [1.54, 1.807) is 11.3 Å². The van der Waals surface area contributed by atoms with Crippen LogP contribution in [0.15, 0.2) is 5.38 Å². The van der Waals surface area contributed by atoms with Gasteiger partial charge in [-0.2, -0.15) is 0 Å². The minimum absolute atomic E-state index is 0.726. The molecule has 90 valence electrons. The van der Waals surface area contributed by atoms with Crippen LogP contribution in [-0.2, 0) is 13.0 Å². The molecular formula is C12H21N3S. The van der Waals surface area contributed by atoms with Crippen LogP contribution in [0.2, 0.25) is 0 Å². The van der Waals surface area contributed by atoms with E-state index in [0.717, 1.165) is 25.6 Å². The molecule has 4 heteroatoms. The summed E-state index contributed by atoms with van der Waals surface area (Å²) >= 11 is 1.77. The number of likely N-dealkylation sites (N-methyl/N-ethyl adjacent to an activating group) is 1. The molecule has 1 unspecified atom stereocenters. The third-order valence-corrected chi connectivity index (χ3v) is 4.30. The first-order valence-corrected chi connectivity index (χ1v) is 7.01. The lowest BCUT2D eigenvalue weighted by Crippen LogP contribution is -2.35. The lowest BCUT2D eigenvalue weighted by molar-refractivity contribution is 0.300. The first-order chi connectivity index (χ1) is 7.79. The molecule has 0 aromatic carbocycles. The zero-order valence-electron chi connectivity index (χ0n) is 10.2. The van der Waals surface area contributed by atoms with Gasteiger partial charge in [0.05, 0.1) is 10.7 Å².